The summed E-state index contributed by atoms with van der Waals surface area (Å²) in [5, 5.41) is 10.0. The second-order valence-electron chi connectivity index (χ2n) is 5.88. The molecular formula is C18H19ClN6O2. The summed E-state index contributed by atoms with van der Waals surface area (Å²) in [5.41, 5.74) is 0.584. The van der Waals surface area contributed by atoms with Gasteiger partial charge in [0.25, 0.3) is 11.8 Å². The SMILES string of the molecule is Cn1nc(C(=O)NCCCn2ccnc2)cc1NC(=O)c1ccccc1Cl. The van der Waals surface area contributed by atoms with Crippen molar-refractivity contribution in [2.24, 2.45) is 7.05 Å². The smallest absolute Gasteiger partial charge is 0.271 e. The molecule has 0 unspecified atom stereocenters. The number of carbonyl (C=O) groups is 2. The molecule has 3 aromatic rings. The molecule has 2 heterocycles. The zero-order valence-corrected chi connectivity index (χ0v) is 15.5. The van der Waals surface area contributed by atoms with Crippen LogP contribution in [-0.4, -0.2) is 37.7 Å². The van der Waals surface area contributed by atoms with E-state index in [0.717, 1.165) is 13.0 Å². The van der Waals surface area contributed by atoms with Gasteiger partial charge in [-0.25, -0.2) is 4.98 Å². The zero-order valence-electron chi connectivity index (χ0n) is 14.7. The van der Waals surface area contributed by atoms with Crippen molar-refractivity contribution in [3.8, 4) is 0 Å². The molecule has 0 bridgehead atoms. The Morgan fingerprint density at radius 2 is 2.04 bits per heavy atom. The third-order valence-corrected chi connectivity index (χ3v) is 4.24. The maximum Gasteiger partial charge on any atom is 0.271 e. The second kappa shape index (κ2) is 8.50. The molecule has 0 spiro atoms. The van der Waals surface area contributed by atoms with Crippen LogP contribution in [0, 0.1) is 0 Å². The van der Waals surface area contributed by atoms with Crippen molar-refractivity contribution in [2.45, 2.75) is 13.0 Å². The van der Waals surface area contributed by atoms with Crippen molar-refractivity contribution >= 4 is 29.2 Å². The van der Waals surface area contributed by atoms with Gasteiger partial charge < -0.3 is 15.2 Å². The molecule has 0 atom stereocenters. The lowest BCUT2D eigenvalue weighted by atomic mass is 10.2. The Kier molecular flexibility index (Phi) is 5.87. The van der Waals surface area contributed by atoms with Gasteiger partial charge >= 0.3 is 0 Å². The summed E-state index contributed by atoms with van der Waals surface area (Å²) in [4.78, 5) is 28.6. The molecule has 3 rings (SSSR count). The number of aromatic nitrogens is 4. The molecule has 0 aliphatic carbocycles. The highest BCUT2D eigenvalue weighted by atomic mass is 35.5. The lowest BCUT2D eigenvalue weighted by Gasteiger charge is -2.06. The Hall–Kier alpha value is -3.13. The molecule has 0 saturated carbocycles. The van der Waals surface area contributed by atoms with E-state index < -0.39 is 0 Å². The monoisotopic (exact) mass is 386 g/mol. The van der Waals surface area contributed by atoms with Gasteiger partial charge in [-0.2, -0.15) is 5.10 Å². The van der Waals surface area contributed by atoms with Gasteiger partial charge in [0.1, 0.15) is 5.82 Å². The van der Waals surface area contributed by atoms with Crippen molar-refractivity contribution in [1.82, 2.24) is 24.6 Å². The normalized spacial score (nSPS) is 10.6. The van der Waals surface area contributed by atoms with Crippen molar-refractivity contribution in [2.75, 3.05) is 11.9 Å². The molecule has 2 N–H and O–H groups in total. The fourth-order valence-corrected chi connectivity index (χ4v) is 2.72. The Labute approximate surface area is 161 Å². The topological polar surface area (TPSA) is 93.8 Å². The van der Waals surface area contributed by atoms with Crippen LogP contribution in [0.3, 0.4) is 0 Å². The number of hydrogen-bond donors (Lipinski definition) is 2. The Bertz CT molecular complexity index is 935. The number of nitrogens with one attached hydrogen (secondary N) is 2. The van der Waals surface area contributed by atoms with Crippen molar-refractivity contribution < 1.29 is 9.59 Å². The van der Waals surface area contributed by atoms with Crippen molar-refractivity contribution in [3.63, 3.8) is 0 Å². The summed E-state index contributed by atoms with van der Waals surface area (Å²) in [6.07, 6.45) is 6.08. The minimum Gasteiger partial charge on any atom is -0.351 e. The van der Waals surface area contributed by atoms with Gasteiger partial charge in [-0.3, -0.25) is 14.3 Å². The van der Waals surface area contributed by atoms with Crippen LogP contribution in [0.25, 0.3) is 0 Å². The summed E-state index contributed by atoms with van der Waals surface area (Å²) < 4.78 is 3.38. The number of benzene rings is 1. The predicted octanol–water partition coefficient (Wildman–Crippen LogP) is 2.34. The summed E-state index contributed by atoms with van der Waals surface area (Å²) in [7, 11) is 1.65. The molecule has 1 aromatic carbocycles. The number of carbonyl (C=O) groups excluding carboxylic acids is 2. The average Bonchev–Trinajstić information content (AvgIpc) is 3.29. The van der Waals surface area contributed by atoms with Gasteiger partial charge in [0.05, 0.1) is 16.9 Å². The number of hydrogen-bond acceptors (Lipinski definition) is 4. The molecule has 2 amide bonds. The van der Waals surface area contributed by atoms with Gasteiger partial charge in [0, 0.05) is 38.6 Å². The summed E-state index contributed by atoms with van der Waals surface area (Å²) in [6, 6.07) is 8.27. The van der Waals surface area contributed by atoms with Crippen LogP contribution in [0.1, 0.15) is 27.3 Å². The van der Waals surface area contributed by atoms with E-state index >= 15 is 0 Å². The molecule has 0 saturated heterocycles. The van der Waals surface area contributed by atoms with Crippen LogP contribution in [-0.2, 0) is 13.6 Å². The Morgan fingerprint density at radius 3 is 2.78 bits per heavy atom. The van der Waals surface area contributed by atoms with E-state index in [1.807, 2.05) is 10.8 Å². The Morgan fingerprint density at radius 1 is 1.22 bits per heavy atom. The molecule has 0 aliphatic rings. The van der Waals surface area contributed by atoms with Crippen LogP contribution in [0.4, 0.5) is 5.82 Å². The largest absolute Gasteiger partial charge is 0.351 e. The molecule has 9 heteroatoms. The third kappa shape index (κ3) is 4.73. The predicted molar refractivity (Wildman–Crippen MR) is 102 cm³/mol. The van der Waals surface area contributed by atoms with Gasteiger partial charge in [-0.15, -0.1) is 0 Å². The quantitative estimate of drug-likeness (QED) is 0.609. The standard InChI is InChI=1S/C18H19ClN6O2/c1-24-16(22-17(26)13-5-2-3-6-14(13)19)11-15(23-24)18(27)21-7-4-9-25-10-8-20-12-25/h2-3,5-6,8,10-12H,4,7,9H2,1H3,(H,21,27)(H,22,26). The maximum atomic E-state index is 12.3. The highest BCUT2D eigenvalue weighted by molar-refractivity contribution is 6.34. The summed E-state index contributed by atoms with van der Waals surface area (Å²) in [6.45, 7) is 1.27. The number of halogens is 1. The van der Waals surface area contributed by atoms with E-state index in [-0.39, 0.29) is 17.5 Å². The fraction of sp³-hybridized carbons (Fsp3) is 0.222. The molecule has 0 radical (unpaired) electrons. The van der Waals surface area contributed by atoms with Gasteiger partial charge in [-0.05, 0) is 18.6 Å². The fourth-order valence-electron chi connectivity index (χ4n) is 2.50. The number of amides is 2. The van der Waals surface area contributed by atoms with Crippen LogP contribution in [0.2, 0.25) is 5.02 Å². The number of imidazole rings is 1. The highest BCUT2D eigenvalue weighted by Gasteiger charge is 2.16. The first-order valence-electron chi connectivity index (χ1n) is 8.38. The van der Waals surface area contributed by atoms with Crippen LogP contribution < -0.4 is 10.6 Å². The van der Waals surface area contributed by atoms with Gasteiger partial charge in [0.2, 0.25) is 0 Å². The maximum absolute atomic E-state index is 12.3. The van der Waals surface area contributed by atoms with Gasteiger partial charge in [0.15, 0.2) is 5.69 Å². The molecule has 27 heavy (non-hydrogen) atoms. The van der Waals surface area contributed by atoms with Gasteiger partial charge in [-0.1, -0.05) is 23.7 Å². The molecule has 140 valence electrons. The number of nitrogens with zero attached hydrogens (tertiary/aromatic N) is 4. The number of anilines is 1. The highest BCUT2D eigenvalue weighted by Crippen LogP contribution is 2.17. The molecule has 2 aromatic heterocycles. The zero-order chi connectivity index (χ0) is 19.2. The number of aryl methyl sites for hydroxylation is 2. The lowest BCUT2D eigenvalue weighted by Crippen LogP contribution is -2.25. The first-order valence-corrected chi connectivity index (χ1v) is 8.76. The third-order valence-electron chi connectivity index (χ3n) is 3.91. The van der Waals surface area contributed by atoms with Crippen molar-refractivity contribution in [3.05, 3.63) is 65.3 Å². The Balaban J connectivity index is 1.56. The van der Waals surface area contributed by atoms with Crippen LogP contribution in [0.5, 0.6) is 0 Å². The van der Waals surface area contributed by atoms with Crippen molar-refractivity contribution in [1.29, 1.82) is 0 Å². The van der Waals surface area contributed by atoms with E-state index in [1.165, 1.54) is 10.7 Å². The minimum atomic E-state index is -0.365. The molecule has 8 nitrogen and oxygen atoms in total. The van der Waals surface area contributed by atoms with Crippen LogP contribution in [0.15, 0.2) is 49.1 Å². The van der Waals surface area contributed by atoms with E-state index in [4.69, 9.17) is 11.6 Å². The summed E-state index contributed by atoms with van der Waals surface area (Å²) in [5.74, 6) is -0.256. The molecule has 0 aliphatic heterocycles. The van der Waals surface area contributed by atoms with E-state index in [0.29, 0.717) is 22.9 Å². The first-order chi connectivity index (χ1) is 13.0. The summed E-state index contributed by atoms with van der Waals surface area (Å²) >= 11 is 6.04. The number of rotatable bonds is 7. The van der Waals surface area contributed by atoms with E-state index in [1.54, 1.807) is 43.8 Å². The lowest BCUT2D eigenvalue weighted by molar-refractivity contribution is 0.0946. The minimum absolute atomic E-state index is 0.231. The van der Waals surface area contributed by atoms with Crippen LogP contribution >= 0.6 is 11.6 Å². The first kappa shape index (κ1) is 18.7. The second-order valence-corrected chi connectivity index (χ2v) is 6.29. The van der Waals surface area contributed by atoms with E-state index in [9.17, 15) is 9.59 Å². The van der Waals surface area contributed by atoms with E-state index in [2.05, 4.69) is 20.7 Å². The molecular weight excluding hydrogens is 368 g/mol. The molecule has 0 fully saturated rings. The average molecular weight is 387 g/mol.